The van der Waals surface area contributed by atoms with Gasteiger partial charge in [-0.25, -0.2) is 4.79 Å². The van der Waals surface area contributed by atoms with Crippen LogP contribution in [0.4, 0.5) is 4.79 Å². The van der Waals surface area contributed by atoms with Crippen molar-refractivity contribution in [2.24, 2.45) is 0 Å². The fourth-order valence-corrected chi connectivity index (χ4v) is 1.51. The van der Waals surface area contributed by atoms with Crippen LogP contribution in [0.2, 0.25) is 0 Å². The molecule has 0 unspecified atom stereocenters. The van der Waals surface area contributed by atoms with Crippen molar-refractivity contribution in [1.29, 1.82) is 0 Å². The number of esters is 1. The number of ether oxygens (including phenoxy) is 1. The number of methoxy groups -OCH3 is 1. The zero-order valence-electron chi connectivity index (χ0n) is 8.28. The lowest BCUT2D eigenvalue weighted by Crippen LogP contribution is -2.38. The van der Waals surface area contributed by atoms with Crippen molar-refractivity contribution < 1.29 is 14.3 Å². The van der Waals surface area contributed by atoms with Gasteiger partial charge in [0.2, 0.25) is 0 Å². The Morgan fingerprint density at radius 1 is 1.47 bits per heavy atom. The van der Waals surface area contributed by atoms with Crippen molar-refractivity contribution in [2.45, 2.75) is 6.54 Å². The predicted octanol–water partition coefficient (Wildman–Crippen LogP) is 0.720. The highest BCUT2D eigenvalue weighted by Crippen LogP contribution is 2.06. The molecule has 0 fully saturated rings. The topological polar surface area (TPSA) is 67.4 Å². The molecule has 1 heterocycles. The van der Waals surface area contributed by atoms with Gasteiger partial charge >= 0.3 is 12.0 Å². The third-order valence-electron chi connectivity index (χ3n) is 1.62. The molecule has 15 heavy (non-hydrogen) atoms. The number of hydrogen-bond acceptors (Lipinski definition) is 4. The molecule has 0 saturated carbocycles. The van der Waals surface area contributed by atoms with Gasteiger partial charge in [0.15, 0.2) is 0 Å². The van der Waals surface area contributed by atoms with Crippen molar-refractivity contribution in [3.8, 4) is 0 Å². The highest BCUT2D eigenvalue weighted by molar-refractivity contribution is 7.09. The van der Waals surface area contributed by atoms with Crippen LogP contribution >= 0.6 is 11.3 Å². The predicted molar refractivity (Wildman–Crippen MR) is 56.6 cm³/mol. The van der Waals surface area contributed by atoms with Gasteiger partial charge in [-0.05, 0) is 11.4 Å². The van der Waals surface area contributed by atoms with Gasteiger partial charge in [0.1, 0.15) is 6.54 Å². The van der Waals surface area contributed by atoms with E-state index in [1.165, 1.54) is 7.11 Å². The monoisotopic (exact) mass is 228 g/mol. The lowest BCUT2D eigenvalue weighted by molar-refractivity contribution is -0.139. The Morgan fingerprint density at radius 2 is 2.27 bits per heavy atom. The summed E-state index contributed by atoms with van der Waals surface area (Å²) < 4.78 is 4.37. The average molecular weight is 228 g/mol. The summed E-state index contributed by atoms with van der Waals surface area (Å²) in [5.74, 6) is -0.471. The minimum Gasteiger partial charge on any atom is -0.468 e. The molecule has 2 amide bonds. The number of carbonyl (C=O) groups is 2. The zero-order chi connectivity index (χ0) is 11.1. The Hall–Kier alpha value is -1.56. The first-order valence-electron chi connectivity index (χ1n) is 4.33. The van der Waals surface area contributed by atoms with Gasteiger partial charge in [0.05, 0.1) is 13.7 Å². The molecule has 1 aromatic rings. The molecule has 2 N–H and O–H groups in total. The molecule has 0 saturated heterocycles. The SMILES string of the molecule is COC(=O)CNC(=O)NCc1cccs1. The Kier molecular flexibility index (Phi) is 4.62. The number of hydrogen-bond donors (Lipinski definition) is 2. The van der Waals surface area contributed by atoms with Crippen LogP contribution < -0.4 is 10.6 Å². The maximum atomic E-state index is 11.1. The van der Waals surface area contributed by atoms with Crippen LogP contribution in [-0.4, -0.2) is 25.7 Å². The first-order chi connectivity index (χ1) is 7.22. The summed E-state index contributed by atoms with van der Waals surface area (Å²) in [6.45, 7) is 0.345. The second kappa shape index (κ2) is 6.02. The number of nitrogens with one attached hydrogen (secondary N) is 2. The van der Waals surface area contributed by atoms with E-state index < -0.39 is 5.97 Å². The highest BCUT2D eigenvalue weighted by atomic mass is 32.1. The number of thiophene rings is 1. The molecule has 1 rings (SSSR count). The van der Waals surface area contributed by atoms with Crippen molar-refractivity contribution in [2.75, 3.05) is 13.7 Å². The van der Waals surface area contributed by atoms with Crippen LogP contribution in [-0.2, 0) is 16.1 Å². The van der Waals surface area contributed by atoms with E-state index in [0.717, 1.165) is 4.88 Å². The van der Waals surface area contributed by atoms with Crippen molar-refractivity contribution in [3.63, 3.8) is 0 Å². The van der Waals surface area contributed by atoms with E-state index in [1.807, 2.05) is 17.5 Å². The molecule has 6 heteroatoms. The minimum atomic E-state index is -0.471. The zero-order valence-corrected chi connectivity index (χ0v) is 9.10. The fraction of sp³-hybridized carbons (Fsp3) is 0.333. The summed E-state index contributed by atoms with van der Waals surface area (Å²) in [5.41, 5.74) is 0. The Labute approximate surface area is 91.4 Å². The normalized spacial score (nSPS) is 9.40. The second-order valence-electron chi connectivity index (χ2n) is 2.69. The summed E-state index contributed by atoms with van der Waals surface area (Å²) in [6, 6.07) is 3.45. The fourth-order valence-electron chi connectivity index (χ4n) is 0.868. The molecule has 0 atom stereocenters. The smallest absolute Gasteiger partial charge is 0.325 e. The molecule has 5 nitrogen and oxygen atoms in total. The van der Waals surface area contributed by atoms with Crippen molar-refractivity contribution >= 4 is 23.3 Å². The maximum Gasteiger partial charge on any atom is 0.325 e. The molecule has 1 aromatic heterocycles. The number of rotatable bonds is 4. The number of carbonyl (C=O) groups excluding carboxylic acids is 2. The minimum absolute atomic E-state index is 0.118. The third kappa shape index (κ3) is 4.46. The van der Waals surface area contributed by atoms with Gasteiger partial charge in [0, 0.05) is 4.88 Å². The van der Waals surface area contributed by atoms with E-state index in [2.05, 4.69) is 15.4 Å². The molecular weight excluding hydrogens is 216 g/mol. The molecule has 0 aliphatic rings. The number of amides is 2. The molecule has 0 aliphatic carbocycles. The summed E-state index contributed by atoms with van der Waals surface area (Å²) >= 11 is 1.56. The van der Waals surface area contributed by atoms with E-state index in [1.54, 1.807) is 11.3 Å². The largest absolute Gasteiger partial charge is 0.468 e. The Morgan fingerprint density at radius 3 is 2.87 bits per heavy atom. The number of urea groups is 1. The molecule has 0 spiro atoms. The average Bonchev–Trinajstić information content (AvgIpc) is 2.75. The molecular formula is C9H12N2O3S. The van der Waals surface area contributed by atoms with Crippen LogP contribution in [0.5, 0.6) is 0 Å². The van der Waals surface area contributed by atoms with Crippen LogP contribution in [0.15, 0.2) is 17.5 Å². The standard InChI is InChI=1S/C9H12N2O3S/c1-14-8(12)6-11-9(13)10-5-7-3-2-4-15-7/h2-4H,5-6H2,1H3,(H2,10,11,13). The summed E-state index contributed by atoms with van der Waals surface area (Å²) in [6.07, 6.45) is 0. The first kappa shape index (κ1) is 11.5. The van der Waals surface area contributed by atoms with E-state index in [4.69, 9.17) is 0 Å². The van der Waals surface area contributed by atoms with Gasteiger partial charge < -0.3 is 15.4 Å². The Bertz CT molecular complexity index is 324. The second-order valence-corrected chi connectivity index (χ2v) is 3.72. The molecule has 0 bridgehead atoms. The van der Waals surface area contributed by atoms with Gasteiger partial charge in [-0.2, -0.15) is 0 Å². The van der Waals surface area contributed by atoms with Gasteiger partial charge in [0.25, 0.3) is 0 Å². The quantitative estimate of drug-likeness (QED) is 0.746. The molecule has 0 radical (unpaired) electrons. The lowest BCUT2D eigenvalue weighted by atomic mass is 10.5. The summed E-state index contributed by atoms with van der Waals surface area (Å²) in [7, 11) is 1.27. The maximum absolute atomic E-state index is 11.1. The molecule has 0 aromatic carbocycles. The van der Waals surface area contributed by atoms with E-state index in [0.29, 0.717) is 6.54 Å². The van der Waals surface area contributed by atoms with Gasteiger partial charge in [-0.1, -0.05) is 6.07 Å². The van der Waals surface area contributed by atoms with Gasteiger partial charge in [-0.3, -0.25) is 4.79 Å². The highest BCUT2D eigenvalue weighted by Gasteiger charge is 2.04. The third-order valence-corrected chi connectivity index (χ3v) is 2.50. The first-order valence-corrected chi connectivity index (χ1v) is 5.21. The van der Waals surface area contributed by atoms with Crippen LogP contribution in [0, 0.1) is 0 Å². The van der Waals surface area contributed by atoms with Crippen LogP contribution in [0.1, 0.15) is 4.88 Å². The van der Waals surface area contributed by atoms with Crippen LogP contribution in [0.25, 0.3) is 0 Å². The van der Waals surface area contributed by atoms with Crippen molar-refractivity contribution in [3.05, 3.63) is 22.4 Å². The van der Waals surface area contributed by atoms with E-state index in [9.17, 15) is 9.59 Å². The van der Waals surface area contributed by atoms with E-state index in [-0.39, 0.29) is 12.6 Å². The molecule has 0 aliphatic heterocycles. The van der Waals surface area contributed by atoms with E-state index >= 15 is 0 Å². The summed E-state index contributed by atoms with van der Waals surface area (Å²) in [5, 5.41) is 6.93. The lowest BCUT2D eigenvalue weighted by Gasteiger charge is -2.04. The van der Waals surface area contributed by atoms with Gasteiger partial charge in [-0.15, -0.1) is 11.3 Å². The Balaban J connectivity index is 2.16. The van der Waals surface area contributed by atoms with Crippen LogP contribution in [0.3, 0.4) is 0 Å². The van der Waals surface area contributed by atoms with Crippen molar-refractivity contribution in [1.82, 2.24) is 10.6 Å². The molecule has 82 valence electrons. The summed E-state index contributed by atoms with van der Waals surface area (Å²) in [4.78, 5) is 22.9.